The molecule has 0 spiro atoms. The first-order chi connectivity index (χ1) is 14.0. The van der Waals surface area contributed by atoms with Crippen LogP contribution < -0.4 is 5.32 Å². The Morgan fingerprint density at radius 1 is 1.21 bits per heavy atom. The van der Waals surface area contributed by atoms with E-state index in [1.54, 1.807) is 6.08 Å². The number of esters is 1. The van der Waals surface area contributed by atoms with Crippen LogP contribution in [0.4, 0.5) is 0 Å². The lowest BCUT2D eigenvalue weighted by molar-refractivity contribution is -0.143. The maximum atomic E-state index is 12.8. The molecule has 0 saturated heterocycles. The number of nitrogens with zero attached hydrogens (tertiary/aromatic N) is 4. The molecular weight excluding hydrogens is 390 g/mol. The van der Waals surface area contributed by atoms with Gasteiger partial charge in [-0.2, -0.15) is 4.68 Å². The van der Waals surface area contributed by atoms with Gasteiger partial charge >= 0.3 is 5.97 Å². The lowest BCUT2D eigenvalue weighted by Crippen LogP contribution is -2.32. The summed E-state index contributed by atoms with van der Waals surface area (Å²) in [6.07, 6.45) is 1.64. The van der Waals surface area contributed by atoms with E-state index in [1.807, 2.05) is 61.7 Å². The van der Waals surface area contributed by atoms with E-state index in [2.05, 4.69) is 20.8 Å². The normalized spacial score (nSPS) is 11.5. The van der Waals surface area contributed by atoms with Crippen LogP contribution in [0.1, 0.15) is 18.7 Å². The number of hydrogen-bond donors (Lipinski definition) is 1. The summed E-state index contributed by atoms with van der Waals surface area (Å²) in [4.78, 5) is 25.6. The molecule has 3 rings (SSSR count). The van der Waals surface area contributed by atoms with Crippen LogP contribution in [0.5, 0.6) is 0 Å². The average Bonchev–Trinajstić information content (AvgIpc) is 3.41. The molecule has 8 nitrogen and oxygen atoms in total. The highest BCUT2D eigenvalue weighted by Gasteiger charge is 2.21. The Balaban J connectivity index is 1.85. The quantitative estimate of drug-likeness (QED) is 0.452. The number of benzene rings is 1. The van der Waals surface area contributed by atoms with Crippen LogP contribution in [0, 0.1) is 5.92 Å². The average molecular weight is 411 g/mol. The summed E-state index contributed by atoms with van der Waals surface area (Å²) in [5.74, 6) is -0.349. The fourth-order valence-electron chi connectivity index (χ4n) is 2.41. The molecule has 3 aromatic rings. The molecule has 0 unspecified atom stereocenters. The number of carbonyl (C=O) groups excluding carboxylic acids is 2. The van der Waals surface area contributed by atoms with Gasteiger partial charge in [-0.25, -0.2) is 4.79 Å². The standard InChI is InChI=1S/C20H21N5O3S/c1-14(2)12-21-18(26)13-28-20(27)17(11-16-9-6-10-29-16)25-19(22-23-24-25)15-7-4-3-5-8-15/h3-11,14H,12-13H2,1-2H3,(H,21,26)/b17-11-. The Bertz CT molecular complexity index is 981. The SMILES string of the molecule is CC(C)CNC(=O)COC(=O)/C(=C/c1cccs1)n1nnnc1-c1ccccc1. The molecule has 29 heavy (non-hydrogen) atoms. The molecule has 2 aromatic heterocycles. The monoisotopic (exact) mass is 411 g/mol. The number of thiophene rings is 1. The zero-order valence-corrected chi connectivity index (χ0v) is 16.9. The number of tetrazole rings is 1. The smallest absolute Gasteiger partial charge is 0.357 e. The molecule has 0 saturated carbocycles. The van der Waals surface area contributed by atoms with Crippen molar-refractivity contribution in [2.75, 3.05) is 13.2 Å². The molecule has 1 N–H and O–H groups in total. The third-order valence-corrected chi connectivity index (χ3v) is 4.62. The van der Waals surface area contributed by atoms with Crippen LogP contribution in [0.2, 0.25) is 0 Å². The van der Waals surface area contributed by atoms with Gasteiger partial charge in [0.2, 0.25) is 0 Å². The molecule has 2 heterocycles. The van der Waals surface area contributed by atoms with Crippen molar-refractivity contribution in [3.63, 3.8) is 0 Å². The van der Waals surface area contributed by atoms with Crippen molar-refractivity contribution in [3.8, 4) is 11.4 Å². The van der Waals surface area contributed by atoms with Crippen molar-refractivity contribution >= 4 is 35.0 Å². The number of rotatable bonds is 8. The minimum Gasteiger partial charge on any atom is -0.451 e. The van der Waals surface area contributed by atoms with Gasteiger partial charge < -0.3 is 10.1 Å². The number of hydrogen-bond acceptors (Lipinski definition) is 7. The van der Waals surface area contributed by atoms with Gasteiger partial charge in [0.05, 0.1) is 0 Å². The lowest BCUT2D eigenvalue weighted by Gasteiger charge is -2.11. The van der Waals surface area contributed by atoms with Crippen molar-refractivity contribution in [2.45, 2.75) is 13.8 Å². The number of aromatic nitrogens is 4. The summed E-state index contributed by atoms with van der Waals surface area (Å²) in [6, 6.07) is 13.0. The van der Waals surface area contributed by atoms with Gasteiger partial charge in [0.25, 0.3) is 5.91 Å². The molecule has 0 bridgehead atoms. The van der Waals surface area contributed by atoms with Crippen molar-refractivity contribution in [1.82, 2.24) is 25.5 Å². The van der Waals surface area contributed by atoms with E-state index in [-0.39, 0.29) is 18.2 Å². The van der Waals surface area contributed by atoms with Crippen molar-refractivity contribution in [2.24, 2.45) is 5.92 Å². The number of carbonyl (C=O) groups is 2. The predicted molar refractivity (Wildman–Crippen MR) is 111 cm³/mol. The maximum absolute atomic E-state index is 12.8. The van der Waals surface area contributed by atoms with E-state index in [0.29, 0.717) is 18.3 Å². The highest BCUT2D eigenvalue weighted by atomic mass is 32.1. The number of nitrogens with one attached hydrogen (secondary N) is 1. The molecule has 0 atom stereocenters. The van der Waals surface area contributed by atoms with Gasteiger partial charge in [-0.05, 0) is 33.9 Å². The van der Waals surface area contributed by atoms with Gasteiger partial charge in [-0.1, -0.05) is 50.2 Å². The van der Waals surface area contributed by atoms with Crippen molar-refractivity contribution in [1.29, 1.82) is 0 Å². The van der Waals surface area contributed by atoms with E-state index in [1.165, 1.54) is 16.0 Å². The molecule has 1 aromatic carbocycles. The first-order valence-electron chi connectivity index (χ1n) is 9.08. The molecule has 150 valence electrons. The molecule has 0 aliphatic heterocycles. The summed E-state index contributed by atoms with van der Waals surface area (Å²) in [5.41, 5.74) is 0.866. The Kier molecular flexibility index (Phi) is 6.85. The van der Waals surface area contributed by atoms with E-state index in [4.69, 9.17) is 4.74 Å². The largest absolute Gasteiger partial charge is 0.451 e. The van der Waals surface area contributed by atoms with Crippen LogP contribution in [0.25, 0.3) is 23.2 Å². The summed E-state index contributed by atoms with van der Waals surface area (Å²) in [7, 11) is 0. The van der Waals surface area contributed by atoms with Crippen LogP contribution in [0.15, 0.2) is 47.8 Å². The molecule has 1 amide bonds. The fourth-order valence-corrected chi connectivity index (χ4v) is 3.06. The second kappa shape index (κ2) is 9.74. The van der Waals surface area contributed by atoms with Gasteiger partial charge in [-0.3, -0.25) is 4.79 Å². The molecular formula is C20H21N5O3S. The van der Waals surface area contributed by atoms with Crippen LogP contribution in [0.3, 0.4) is 0 Å². The maximum Gasteiger partial charge on any atom is 0.357 e. The van der Waals surface area contributed by atoms with Gasteiger partial charge in [0.1, 0.15) is 0 Å². The number of ether oxygens (including phenoxy) is 1. The van der Waals surface area contributed by atoms with E-state index in [0.717, 1.165) is 10.4 Å². The molecule has 0 fully saturated rings. The van der Waals surface area contributed by atoms with Gasteiger partial charge in [0.15, 0.2) is 18.1 Å². The van der Waals surface area contributed by atoms with E-state index in [9.17, 15) is 9.59 Å². The summed E-state index contributed by atoms with van der Waals surface area (Å²) in [6.45, 7) is 4.10. The predicted octanol–water partition coefficient (Wildman–Crippen LogP) is 2.72. The highest BCUT2D eigenvalue weighted by molar-refractivity contribution is 7.10. The third-order valence-electron chi connectivity index (χ3n) is 3.80. The number of amides is 1. The van der Waals surface area contributed by atoms with Crippen molar-refractivity contribution in [3.05, 3.63) is 52.7 Å². The topological polar surface area (TPSA) is 99.0 Å². The van der Waals surface area contributed by atoms with E-state index < -0.39 is 5.97 Å². The second-order valence-electron chi connectivity index (χ2n) is 6.60. The van der Waals surface area contributed by atoms with Crippen molar-refractivity contribution < 1.29 is 14.3 Å². The lowest BCUT2D eigenvalue weighted by atomic mass is 10.2. The minimum absolute atomic E-state index is 0.118. The Labute approximate surface area is 172 Å². The first-order valence-corrected chi connectivity index (χ1v) is 9.95. The third kappa shape index (κ3) is 5.58. The van der Waals surface area contributed by atoms with Gasteiger partial charge in [0, 0.05) is 17.0 Å². The first kappa shape index (κ1) is 20.4. The summed E-state index contributed by atoms with van der Waals surface area (Å²) >= 11 is 1.46. The molecule has 0 aliphatic rings. The van der Waals surface area contributed by atoms with Crippen LogP contribution >= 0.6 is 11.3 Å². The van der Waals surface area contributed by atoms with Gasteiger partial charge in [-0.15, -0.1) is 16.4 Å². The Hall–Kier alpha value is -3.33. The minimum atomic E-state index is -0.692. The summed E-state index contributed by atoms with van der Waals surface area (Å²) < 4.78 is 6.55. The Morgan fingerprint density at radius 2 is 2.00 bits per heavy atom. The molecule has 0 aliphatic carbocycles. The van der Waals surface area contributed by atoms with Crippen LogP contribution in [-0.2, 0) is 14.3 Å². The molecule has 9 heteroatoms. The Morgan fingerprint density at radius 3 is 2.69 bits per heavy atom. The highest BCUT2D eigenvalue weighted by Crippen LogP contribution is 2.22. The van der Waals surface area contributed by atoms with E-state index >= 15 is 0 Å². The van der Waals surface area contributed by atoms with Crippen LogP contribution in [-0.4, -0.2) is 45.2 Å². The summed E-state index contributed by atoms with van der Waals surface area (Å²) in [5, 5.41) is 16.3. The fraction of sp³-hybridized carbons (Fsp3) is 0.250. The zero-order valence-electron chi connectivity index (χ0n) is 16.1. The second-order valence-corrected chi connectivity index (χ2v) is 7.58. The molecule has 0 radical (unpaired) electrons. The zero-order chi connectivity index (χ0) is 20.6.